The SMILES string of the molecule is Cc1ccc(-c2oc3ccccc3c(=O)c2OCCc2ccccc2)cc1. The van der Waals surface area contributed by atoms with Gasteiger partial charge in [-0.15, -0.1) is 0 Å². The van der Waals surface area contributed by atoms with Crippen LogP contribution in [0.15, 0.2) is 88.1 Å². The van der Waals surface area contributed by atoms with Gasteiger partial charge in [0.25, 0.3) is 0 Å². The Morgan fingerprint density at radius 2 is 1.56 bits per heavy atom. The molecule has 0 atom stereocenters. The third-order valence-electron chi connectivity index (χ3n) is 4.55. The van der Waals surface area contributed by atoms with Crippen molar-refractivity contribution in [1.29, 1.82) is 0 Å². The van der Waals surface area contributed by atoms with E-state index in [1.165, 1.54) is 5.56 Å². The number of aryl methyl sites for hydroxylation is 1. The minimum Gasteiger partial charge on any atom is -0.486 e. The molecule has 134 valence electrons. The molecule has 0 N–H and O–H groups in total. The highest BCUT2D eigenvalue weighted by atomic mass is 16.5. The maximum atomic E-state index is 13.0. The molecule has 0 fully saturated rings. The highest BCUT2D eigenvalue weighted by Crippen LogP contribution is 2.31. The van der Waals surface area contributed by atoms with Crippen LogP contribution < -0.4 is 10.2 Å². The van der Waals surface area contributed by atoms with Crippen LogP contribution in [0, 0.1) is 6.92 Å². The fourth-order valence-electron chi connectivity index (χ4n) is 3.07. The van der Waals surface area contributed by atoms with Crippen molar-refractivity contribution in [2.75, 3.05) is 6.61 Å². The summed E-state index contributed by atoms with van der Waals surface area (Å²) in [6, 6.07) is 25.2. The molecule has 4 rings (SSSR count). The summed E-state index contributed by atoms with van der Waals surface area (Å²) in [5, 5.41) is 0.531. The number of rotatable bonds is 5. The van der Waals surface area contributed by atoms with Gasteiger partial charge in [-0.3, -0.25) is 4.79 Å². The van der Waals surface area contributed by atoms with E-state index in [0.29, 0.717) is 23.3 Å². The first-order chi connectivity index (χ1) is 13.2. The topological polar surface area (TPSA) is 39.4 Å². The van der Waals surface area contributed by atoms with Crippen LogP contribution in [0.5, 0.6) is 5.75 Å². The van der Waals surface area contributed by atoms with E-state index in [4.69, 9.17) is 9.15 Å². The lowest BCUT2D eigenvalue weighted by Gasteiger charge is -2.12. The van der Waals surface area contributed by atoms with Crippen molar-refractivity contribution in [3.05, 3.63) is 100 Å². The van der Waals surface area contributed by atoms with Crippen molar-refractivity contribution in [3.63, 3.8) is 0 Å². The maximum absolute atomic E-state index is 13.0. The summed E-state index contributed by atoms with van der Waals surface area (Å²) < 4.78 is 12.0. The number of fused-ring (bicyclic) bond motifs is 1. The Morgan fingerprint density at radius 3 is 2.33 bits per heavy atom. The minimum absolute atomic E-state index is 0.138. The van der Waals surface area contributed by atoms with Gasteiger partial charge >= 0.3 is 0 Å². The van der Waals surface area contributed by atoms with Crippen LogP contribution >= 0.6 is 0 Å². The molecule has 0 bridgehead atoms. The molecule has 0 spiro atoms. The van der Waals surface area contributed by atoms with Crippen molar-refractivity contribution < 1.29 is 9.15 Å². The highest BCUT2D eigenvalue weighted by Gasteiger charge is 2.17. The van der Waals surface area contributed by atoms with E-state index < -0.39 is 0 Å². The molecule has 3 nitrogen and oxygen atoms in total. The highest BCUT2D eigenvalue weighted by molar-refractivity contribution is 5.81. The molecule has 0 aliphatic carbocycles. The second-order valence-corrected chi connectivity index (χ2v) is 6.54. The quantitative estimate of drug-likeness (QED) is 0.481. The van der Waals surface area contributed by atoms with Gasteiger partial charge in [-0.25, -0.2) is 0 Å². The monoisotopic (exact) mass is 356 g/mol. The number of para-hydroxylation sites is 1. The first-order valence-electron chi connectivity index (χ1n) is 9.02. The van der Waals surface area contributed by atoms with Crippen LogP contribution in [0.1, 0.15) is 11.1 Å². The van der Waals surface area contributed by atoms with Gasteiger partial charge in [0.1, 0.15) is 5.58 Å². The Bertz CT molecular complexity index is 1110. The van der Waals surface area contributed by atoms with E-state index >= 15 is 0 Å². The van der Waals surface area contributed by atoms with Crippen LogP contribution in [0.25, 0.3) is 22.3 Å². The number of benzene rings is 3. The van der Waals surface area contributed by atoms with E-state index in [1.54, 1.807) is 6.07 Å². The second kappa shape index (κ2) is 7.50. The molecule has 0 radical (unpaired) electrons. The van der Waals surface area contributed by atoms with Crippen molar-refractivity contribution in [1.82, 2.24) is 0 Å². The lowest BCUT2D eigenvalue weighted by molar-refractivity contribution is 0.313. The van der Waals surface area contributed by atoms with Gasteiger partial charge in [0.15, 0.2) is 5.76 Å². The van der Waals surface area contributed by atoms with Crippen molar-refractivity contribution in [2.45, 2.75) is 13.3 Å². The van der Waals surface area contributed by atoms with E-state index in [0.717, 1.165) is 17.5 Å². The molecular weight excluding hydrogens is 336 g/mol. The fourth-order valence-corrected chi connectivity index (χ4v) is 3.07. The van der Waals surface area contributed by atoms with Crippen LogP contribution in [0.4, 0.5) is 0 Å². The molecule has 1 heterocycles. The molecule has 0 aliphatic rings. The van der Waals surface area contributed by atoms with Crippen LogP contribution in [-0.2, 0) is 6.42 Å². The summed E-state index contributed by atoms with van der Waals surface area (Å²) in [5.74, 6) is 0.750. The Labute approximate surface area is 157 Å². The van der Waals surface area contributed by atoms with Crippen LogP contribution in [0.3, 0.4) is 0 Å². The molecule has 0 saturated heterocycles. The van der Waals surface area contributed by atoms with Gasteiger partial charge in [-0.2, -0.15) is 0 Å². The van der Waals surface area contributed by atoms with Gasteiger partial charge < -0.3 is 9.15 Å². The first kappa shape index (κ1) is 17.1. The van der Waals surface area contributed by atoms with Gasteiger partial charge in [-0.1, -0.05) is 72.3 Å². The van der Waals surface area contributed by atoms with Gasteiger partial charge in [0, 0.05) is 12.0 Å². The summed E-state index contributed by atoms with van der Waals surface area (Å²) in [5.41, 5.74) is 3.57. The van der Waals surface area contributed by atoms with E-state index in [9.17, 15) is 4.79 Å². The van der Waals surface area contributed by atoms with E-state index in [2.05, 4.69) is 0 Å². The average molecular weight is 356 g/mol. The molecule has 4 aromatic rings. The molecule has 27 heavy (non-hydrogen) atoms. The van der Waals surface area contributed by atoms with Gasteiger partial charge in [-0.05, 0) is 24.6 Å². The smallest absolute Gasteiger partial charge is 0.235 e. The lowest BCUT2D eigenvalue weighted by Crippen LogP contribution is -2.12. The number of ether oxygens (including phenoxy) is 1. The lowest BCUT2D eigenvalue weighted by atomic mass is 10.1. The van der Waals surface area contributed by atoms with Crippen molar-refractivity contribution >= 4 is 11.0 Å². The third-order valence-corrected chi connectivity index (χ3v) is 4.55. The number of hydrogen-bond acceptors (Lipinski definition) is 3. The third kappa shape index (κ3) is 3.63. The molecule has 0 saturated carbocycles. The predicted molar refractivity (Wildman–Crippen MR) is 108 cm³/mol. The zero-order valence-corrected chi connectivity index (χ0v) is 15.1. The summed E-state index contributed by atoms with van der Waals surface area (Å²) in [4.78, 5) is 13.0. The zero-order chi connectivity index (χ0) is 18.6. The molecule has 1 aromatic heterocycles. The largest absolute Gasteiger partial charge is 0.486 e. The summed E-state index contributed by atoms with van der Waals surface area (Å²) in [6.07, 6.45) is 0.723. The average Bonchev–Trinajstić information content (AvgIpc) is 2.71. The normalized spacial score (nSPS) is 10.9. The van der Waals surface area contributed by atoms with Gasteiger partial charge in [0.05, 0.1) is 12.0 Å². The molecule has 0 unspecified atom stereocenters. The minimum atomic E-state index is -0.138. The Hall–Kier alpha value is -3.33. The van der Waals surface area contributed by atoms with E-state index in [-0.39, 0.29) is 11.2 Å². The molecular formula is C24H20O3. The summed E-state index contributed by atoms with van der Waals surface area (Å²) in [7, 11) is 0. The maximum Gasteiger partial charge on any atom is 0.235 e. The first-order valence-corrected chi connectivity index (χ1v) is 9.02. The molecule has 3 heteroatoms. The fraction of sp³-hybridized carbons (Fsp3) is 0.125. The molecule has 0 amide bonds. The van der Waals surface area contributed by atoms with Crippen molar-refractivity contribution in [3.8, 4) is 17.1 Å². The standard InChI is InChI=1S/C24H20O3/c1-17-11-13-19(14-12-17)23-24(26-16-15-18-7-3-2-4-8-18)22(25)20-9-5-6-10-21(20)27-23/h2-14H,15-16H2,1H3. The van der Waals surface area contributed by atoms with E-state index in [1.807, 2.05) is 79.7 Å². The molecule has 3 aromatic carbocycles. The second-order valence-electron chi connectivity index (χ2n) is 6.54. The zero-order valence-electron chi connectivity index (χ0n) is 15.1. The Balaban J connectivity index is 1.74. The van der Waals surface area contributed by atoms with Crippen LogP contribution in [-0.4, -0.2) is 6.61 Å². The summed E-state index contributed by atoms with van der Waals surface area (Å²) >= 11 is 0. The van der Waals surface area contributed by atoms with Crippen LogP contribution in [0.2, 0.25) is 0 Å². The predicted octanol–water partition coefficient (Wildman–Crippen LogP) is 5.39. The summed E-state index contributed by atoms with van der Waals surface area (Å²) in [6.45, 7) is 2.43. The Kier molecular flexibility index (Phi) is 4.75. The molecule has 0 aliphatic heterocycles. The van der Waals surface area contributed by atoms with Gasteiger partial charge in [0.2, 0.25) is 11.2 Å². The number of hydrogen-bond donors (Lipinski definition) is 0. The van der Waals surface area contributed by atoms with Crippen molar-refractivity contribution in [2.24, 2.45) is 0 Å². The Morgan fingerprint density at radius 1 is 0.852 bits per heavy atom.